The third-order valence-corrected chi connectivity index (χ3v) is 6.17. The van der Waals surface area contributed by atoms with Crippen molar-refractivity contribution in [2.45, 2.75) is 18.8 Å². The van der Waals surface area contributed by atoms with Gasteiger partial charge in [0.1, 0.15) is 0 Å². The molecule has 1 aliphatic rings. The number of nitrogens with zero attached hydrogens (tertiary/aromatic N) is 3. The van der Waals surface area contributed by atoms with Gasteiger partial charge in [-0.2, -0.15) is 4.98 Å². The van der Waals surface area contributed by atoms with Gasteiger partial charge in [0.2, 0.25) is 11.7 Å². The van der Waals surface area contributed by atoms with E-state index >= 15 is 0 Å². The van der Waals surface area contributed by atoms with Crippen LogP contribution in [0.3, 0.4) is 0 Å². The molecule has 0 spiro atoms. The van der Waals surface area contributed by atoms with Gasteiger partial charge in [0, 0.05) is 35.2 Å². The smallest absolute Gasteiger partial charge is 0.253 e. The van der Waals surface area contributed by atoms with Crippen molar-refractivity contribution in [3.8, 4) is 22.5 Å². The van der Waals surface area contributed by atoms with E-state index in [0.717, 1.165) is 29.5 Å². The zero-order chi connectivity index (χ0) is 21.9. The van der Waals surface area contributed by atoms with Crippen LogP contribution in [0.1, 0.15) is 35.0 Å². The van der Waals surface area contributed by atoms with Gasteiger partial charge in [0.05, 0.1) is 0 Å². The van der Waals surface area contributed by atoms with E-state index in [2.05, 4.69) is 22.3 Å². The van der Waals surface area contributed by atoms with Crippen molar-refractivity contribution < 1.29 is 9.32 Å². The summed E-state index contributed by atoms with van der Waals surface area (Å²) in [6, 6.07) is 25.4. The summed E-state index contributed by atoms with van der Waals surface area (Å²) in [5.41, 5.74) is 3.83. The summed E-state index contributed by atoms with van der Waals surface area (Å²) in [5.74, 6) is 1.42. The zero-order valence-corrected chi connectivity index (χ0v) is 18.2. The maximum atomic E-state index is 13.0. The second-order valence-corrected chi connectivity index (χ2v) is 8.41. The number of hydrogen-bond donors (Lipinski definition) is 0. The number of halogens is 1. The lowest BCUT2D eigenvalue weighted by molar-refractivity contribution is 0.0704. The van der Waals surface area contributed by atoms with E-state index in [1.165, 1.54) is 0 Å². The van der Waals surface area contributed by atoms with Crippen molar-refractivity contribution >= 4 is 17.5 Å². The molecule has 0 unspecified atom stereocenters. The lowest BCUT2D eigenvalue weighted by Crippen LogP contribution is -2.38. The van der Waals surface area contributed by atoms with Crippen LogP contribution in [0.25, 0.3) is 22.5 Å². The van der Waals surface area contributed by atoms with Gasteiger partial charge in [-0.1, -0.05) is 59.2 Å². The first-order chi connectivity index (χ1) is 15.7. The molecule has 6 heteroatoms. The fourth-order valence-electron chi connectivity index (χ4n) is 4.07. The summed E-state index contributed by atoms with van der Waals surface area (Å²) in [6.07, 6.45) is 1.60. The number of hydrogen-bond acceptors (Lipinski definition) is 4. The van der Waals surface area contributed by atoms with E-state index < -0.39 is 0 Å². The first-order valence-corrected chi connectivity index (χ1v) is 11.1. The number of amides is 1. The van der Waals surface area contributed by atoms with Gasteiger partial charge in [0.25, 0.3) is 5.91 Å². The van der Waals surface area contributed by atoms with Crippen LogP contribution >= 0.6 is 11.6 Å². The lowest BCUT2D eigenvalue weighted by atomic mass is 9.96. The number of carbonyl (C=O) groups is 1. The molecule has 32 heavy (non-hydrogen) atoms. The SMILES string of the molecule is O=C(c1ccc(-c2ccccc2)cc1)N1CCC(c2nc(-c3ccc(Cl)cc3)no2)CC1. The van der Waals surface area contributed by atoms with Crippen LogP contribution in [-0.4, -0.2) is 34.0 Å². The summed E-state index contributed by atoms with van der Waals surface area (Å²) in [7, 11) is 0. The fraction of sp³-hybridized carbons (Fsp3) is 0.192. The standard InChI is InChI=1S/C26H22ClN3O2/c27-23-12-10-20(11-13-23)24-28-25(32-29-24)21-14-16-30(17-15-21)26(31)22-8-6-19(7-9-22)18-4-2-1-3-5-18/h1-13,21H,14-17H2. The molecule has 5 rings (SSSR count). The van der Waals surface area contributed by atoms with E-state index in [4.69, 9.17) is 16.1 Å². The highest BCUT2D eigenvalue weighted by atomic mass is 35.5. The first kappa shape index (κ1) is 20.5. The lowest BCUT2D eigenvalue weighted by Gasteiger charge is -2.30. The number of likely N-dealkylation sites (tertiary alicyclic amines) is 1. The van der Waals surface area contributed by atoms with Crippen LogP contribution in [0, 0.1) is 0 Å². The normalized spacial score (nSPS) is 14.5. The molecule has 1 fully saturated rings. The molecule has 0 saturated carbocycles. The van der Waals surface area contributed by atoms with Gasteiger partial charge in [-0.25, -0.2) is 0 Å². The predicted molar refractivity (Wildman–Crippen MR) is 125 cm³/mol. The summed E-state index contributed by atoms with van der Waals surface area (Å²) >= 11 is 5.95. The molecule has 0 bridgehead atoms. The summed E-state index contributed by atoms with van der Waals surface area (Å²) in [4.78, 5) is 19.5. The molecule has 3 aromatic carbocycles. The molecule has 1 saturated heterocycles. The summed E-state index contributed by atoms with van der Waals surface area (Å²) in [5, 5.41) is 4.79. The van der Waals surface area contributed by atoms with Gasteiger partial charge < -0.3 is 9.42 Å². The Kier molecular flexibility index (Phi) is 5.73. The molecule has 4 aromatic rings. The Morgan fingerprint density at radius 2 is 1.47 bits per heavy atom. The van der Waals surface area contributed by atoms with Crippen molar-refractivity contribution in [3.63, 3.8) is 0 Å². The second kappa shape index (κ2) is 8.97. The van der Waals surface area contributed by atoms with E-state index in [1.54, 1.807) is 0 Å². The minimum absolute atomic E-state index is 0.0652. The van der Waals surface area contributed by atoms with Gasteiger partial charge in [-0.3, -0.25) is 4.79 Å². The molecule has 0 aliphatic carbocycles. The highest BCUT2D eigenvalue weighted by Crippen LogP contribution is 2.30. The quantitative estimate of drug-likeness (QED) is 0.383. The van der Waals surface area contributed by atoms with Crippen molar-refractivity contribution in [2.75, 3.05) is 13.1 Å². The Hall–Kier alpha value is -3.44. The maximum Gasteiger partial charge on any atom is 0.253 e. The molecule has 2 heterocycles. The van der Waals surface area contributed by atoms with Crippen LogP contribution in [-0.2, 0) is 0 Å². The van der Waals surface area contributed by atoms with E-state index in [9.17, 15) is 4.79 Å². The van der Waals surface area contributed by atoms with E-state index in [-0.39, 0.29) is 11.8 Å². The third-order valence-electron chi connectivity index (χ3n) is 5.91. The molecule has 1 amide bonds. The number of benzene rings is 3. The number of aromatic nitrogens is 2. The third kappa shape index (κ3) is 4.30. The molecule has 160 valence electrons. The molecule has 0 N–H and O–H groups in total. The maximum absolute atomic E-state index is 13.0. The highest BCUT2D eigenvalue weighted by Gasteiger charge is 2.28. The first-order valence-electron chi connectivity index (χ1n) is 10.7. The summed E-state index contributed by atoms with van der Waals surface area (Å²) < 4.78 is 5.53. The van der Waals surface area contributed by atoms with Crippen LogP contribution in [0.15, 0.2) is 83.4 Å². The minimum atomic E-state index is 0.0652. The van der Waals surface area contributed by atoms with Crippen molar-refractivity contribution in [3.05, 3.63) is 95.3 Å². The highest BCUT2D eigenvalue weighted by molar-refractivity contribution is 6.30. The van der Waals surface area contributed by atoms with Gasteiger partial charge in [-0.05, 0) is 60.4 Å². The number of piperidine rings is 1. The number of rotatable bonds is 4. The van der Waals surface area contributed by atoms with Crippen LogP contribution in [0.4, 0.5) is 0 Å². The molecule has 1 aromatic heterocycles. The van der Waals surface area contributed by atoms with Crippen molar-refractivity contribution in [1.82, 2.24) is 15.0 Å². The Balaban J connectivity index is 1.21. The van der Waals surface area contributed by atoms with E-state index in [1.807, 2.05) is 71.6 Å². The topological polar surface area (TPSA) is 59.2 Å². The van der Waals surface area contributed by atoms with Crippen LogP contribution in [0.2, 0.25) is 5.02 Å². The van der Waals surface area contributed by atoms with Crippen molar-refractivity contribution in [2.24, 2.45) is 0 Å². The largest absolute Gasteiger partial charge is 0.339 e. The van der Waals surface area contributed by atoms with Crippen LogP contribution < -0.4 is 0 Å². The molecule has 5 nitrogen and oxygen atoms in total. The monoisotopic (exact) mass is 443 g/mol. The number of carbonyl (C=O) groups excluding carboxylic acids is 1. The molecular formula is C26H22ClN3O2. The van der Waals surface area contributed by atoms with Crippen LogP contribution in [0.5, 0.6) is 0 Å². The molecular weight excluding hydrogens is 422 g/mol. The Bertz CT molecular complexity index is 1200. The van der Waals surface area contributed by atoms with Gasteiger partial charge >= 0.3 is 0 Å². The molecule has 1 aliphatic heterocycles. The van der Waals surface area contributed by atoms with Crippen molar-refractivity contribution in [1.29, 1.82) is 0 Å². The minimum Gasteiger partial charge on any atom is -0.339 e. The van der Waals surface area contributed by atoms with Gasteiger partial charge in [0.15, 0.2) is 0 Å². The van der Waals surface area contributed by atoms with Gasteiger partial charge in [-0.15, -0.1) is 0 Å². The average Bonchev–Trinajstić information content (AvgIpc) is 3.35. The summed E-state index contributed by atoms with van der Waals surface area (Å²) in [6.45, 7) is 1.34. The van der Waals surface area contributed by atoms with E-state index in [0.29, 0.717) is 35.4 Å². The molecule has 0 radical (unpaired) electrons. The Labute approximate surface area is 191 Å². The zero-order valence-electron chi connectivity index (χ0n) is 17.4. The average molecular weight is 444 g/mol. The fourth-order valence-corrected chi connectivity index (χ4v) is 4.19. The Morgan fingerprint density at radius 1 is 0.844 bits per heavy atom. The second-order valence-electron chi connectivity index (χ2n) is 7.97. The predicted octanol–water partition coefficient (Wildman–Crippen LogP) is 6.08. The Morgan fingerprint density at radius 3 is 2.16 bits per heavy atom. The molecule has 0 atom stereocenters.